The molecule has 1 aromatic heterocycles. The lowest BCUT2D eigenvalue weighted by Gasteiger charge is -2.06. The quantitative estimate of drug-likeness (QED) is 0.879. The number of hydrogen-bond donors (Lipinski definition) is 1. The van der Waals surface area contributed by atoms with E-state index in [0.29, 0.717) is 22.6 Å². The molecule has 0 radical (unpaired) electrons. The van der Waals surface area contributed by atoms with Crippen LogP contribution >= 0.6 is 23.6 Å². The first-order chi connectivity index (χ1) is 9.40. The van der Waals surface area contributed by atoms with Crippen molar-refractivity contribution in [3.8, 4) is 5.75 Å². The summed E-state index contributed by atoms with van der Waals surface area (Å²) in [6, 6.07) is 6.84. The van der Waals surface area contributed by atoms with Crippen LogP contribution in [0.15, 0.2) is 24.3 Å². The van der Waals surface area contributed by atoms with E-state index in [1.54, 1.807) is 24.3 Å². The van der Waals surface area contributed by atoms with Gasteiger partial charge in [-0.2, -0.15) is 13.2 Å². The molecule has 0 aliphatic heterocycles. The second kappa shape index (κ2) is 5.71. The highest BCUT2D eigenvalue weighted by Crippen LogP contribution is 2.33. The standard InChI is InChI=1S/C11H8F3N3OS2/c1-18-7-4-2-3-6(5-7)8(19)15-10-17-16-9(20-10)11(12,13)14/h2-5H,1H3,(H,15,17,19). The minimum absolute atomic E-state index is 0.00913. The molecule has 2 rings (SSSR count). The maximum atomic E-state index is 12.4. The van der Waals surface area contributed by atoms with E-state index in [0.717, 1.165) is 0 Å². The van der Waals surface area contributed by atoms with Crippen molar-refractivity contribution in [1.82, 2.24) is 10.2 Å². The van der Waals surface area contributed by atoms with E-state index < -0.39 is 11.2 Å². The minimum Gasteiger partial charge on any atom is -0.497 e. The van der Waals surface area contributed by atoms with Crippen LogP contribution < -0.4 is 10.1 Å². The molecule has 0 saturated carbocycles. The molecule has 0 fully saturated rings. The van der Waals surface area contributed by atoms with Crippen LogP contribution in [0.2, 0.25) is 0 Å². The maximum absolute atomic E-state index is 12.4. The highest BCUT2D eigenvalue weighted by Gasteiger charge is 2.35. The van der Waals surface area contributed by atoms with Gasteiger partial charge in [-0.05, 0) is 12.1 Å². The third-order valence-electron chi connectivity index (χ3n) is 2.22. The molecular formula is C11H8F3N3OS2. The molecule has 0 spiro atoms. The Morgan fingerprint density at radius 2 is 2.10 bits per heavy atom. The van der Waals surface area contributed by atoms with Gasteiger partial charge in [0.05, 0.1) is 7.11 Å². The lowest BCUT2D eigenvalue weighted by Crippen LogP contribution is -2.10. The van der Waals surface area contributed by atoms with Crippen molar-refractivity contribution in [2.24, 2.45) is 0 Å². The van der Waals surface area contributed by atoms with Gasteiger partial charge in [0, 0.05) is 5.56 Å². The van der Waals surface area contributed by atoms with Crippen LogP contribution in [-0.4, -0.2) is 22.3 Å². The van der Waals surface area contributed by atoms with Crippen molar-refractivity contribution in [1.29, 1.82) is 0 Å². The second-order valence-electron chi connectivity index (χ2n) is 3.60. The Morgan fingerprint density at radius 3 is 2.70 bits per heavy atom. The van der Waals surface area contributed by atoms with Gasteiger partial charge >= 0.3 is 6.18 Å². The number of aromatic nitrogens is 2. The molecule has 0 bridgehead atoms. The Hall–Kier alpha value is -1.74. The van der Waals surface area contributed by atoms with E-state index in [1.165, 1.54) is 7.11 Å². The molecule has 0 aliphatic carbocycles. The first-order valence-corrected chi connectivity index (χ1v) is 6.49. The van der Waals surface area contributed by atoms with E-state index in [4.69, 9.17) is 17.0 Å². The maximum Gasteiger partial charge on any atom is 0.445 e. The summed E-state index contributed by atoms with van der Waals surface area (Å²) in [5, 5.41) is 8.07. The summed E-state index contributed by atoms with van der Waals surface area (Å²) >= 11 is 5.50. The summed E-state index contributed by atoms with van der Waals surface area (Å²) in [6.07, 6.45) is -4.50. The normalized spacial score (nSPS) is 11.2. The van der Waals surface area contributed by atoms with Crippen LogP contribution in [0.3, 0.4) is 0 Å². The number of benzene rings is 1. The largest absolute Gasteiger partial charge is 0.497 e. The number of thiocarbonyl (C=S) groups is 1. The predicted molar refractivity (Wildman–Crippen MR) is 73.2 cm³/mol. The molecule has 0 amide bonds. The molecule has 4 nitrogen and oxygen atoms in total. The van der Waals surface area contributed by atoms with Crippen molar-refractivity contribution in [2.75, 3.05) is 12.4 Å². The first-order valence-electron chi connectivity index (χ1n) is 5.26. The van der Waals surface area contributed by atoms with E-state index in [2.05, 4.69) is 15.5 Å². The summed E-state index contributed by atoms with van der Waals surface area (Å²) in [4.78, 5) is 0.244. The van der Waals surface area contributed by atoms with Gasteiger partial charge in [-0.15, -0.1) is 10.2 Å². The molecule has 0 aliphatic rings. The average molecular weight is 319 g/mol. The fourth-order valence-electron chi connectivity index (χ4n) is 1.32. The summed E-state index contributed by atoms with van der Waals surface area (Å²) < 4.78 is 42.2. The van der Waals surface area contributed by atoms with Gasteiger partial charge in [0.2, 0.25) is 10.1 Å². The summed E-state index contributed by atoms with van der Waals surface area (Å²) in [5.74, 6) is 0.597. The average Bonchev–Trinajstić information content (AvgIpc) is 2.87. The van der Waals surface area contributed by atoms with Crippen LogP contribution in [0, 0.1) is 0 Å². The van der Waals surface area contributed by atoms with Gasteiger partial charge < -0.3 is 10.1 Å². The molecule has 9 heteroatoms. The number of hydrogen-bond acceptors (Lipinski definition) is 5. The Kier molecular flexibility index (Phi) is 4.19. The third kappa shape index (κ3) is 3.42. The minimum atomic E-state index is -4.50. The van der Waals surface area contributed by atoms with Gasteiger partial charge in [0.15, 0.2) is 0 Å². The predicted octanol–water partition coefficient (Wildman–Crippen LogP) is 3.35. The molecule has 0 atom stereocenters. The van der Waals surface area contributed by atoms with Crippen molar-refractivity contribution in [3.63, 3.8) is 0 Å². The number of alkyl halides is 3. The molecule has 1 aromatic carbocycles. The van der Waals surface area contributed by atoms with Gasteiger partial charge in [0.25, 0.3) is 0 Å². The topological polar surface area (TPSA) is 47.0 Å². The number of nitrogens with one attached hydrogen (secondary N) is 1. The van der Waals surface area contributed by atoms with Gasteiger partial charge in [-0.25, -0.2) is 0 Å². The van der Waals surface area contributed by atoms with Gasteiger partial charge in [-0.3, -0.25) is 0 Å². The number of halogens is 3. The van der Waals surface area contributed by atoms with Crippen LogP contribution in [0.4, 0.5) is 18.3 Å². The highest BCUT2D eigenvalue weighted by molar-refractivity contribution is 7.81. The van der Waals surface area contributed by atoms with Crippen LogP contribution in [0.5, 0.6) is 5.75 Å². The summed E-state index contributed by atoms with van der Waals surface area (Å²) in [6.45, 7) is 0. The van der Waals surface area contributed by atoms with Crippen molar-refractivity contribution >= 4 is 33.7 Å². The Bertz CT molecular complexity index is 627. The molecule has 106 valence electrons. The number of nitrogens with zero attached hydrogens (tertiary/aromatic N) is 2. The first kappa shape index (κ1) is 14.7. The number of rotatable bonds is 3. The molecule has 0 saturated heterocycles. The van der Waals surface area contributed by atoms with Crippen LogP contribution in [-0.2, 0) is 6.18 Å². The molecule has 2 aromatic rings. The zero-order valence-corrected chi connectivity index (χ0v) is 11.7. The Labute approximate surface area is 121 Å². The van der Waals surface area contributed by atoms with Gasteiger partial charge in [-0.1, -0.05) is 35.7 Å². The number of methoxy groups -OCH3 is 1. The summed E-state index contributed by atoms with van der Waals surface area (Å²) in [5.41, 5.74) is 0.614. The van der Waals surface area contributed by atoms with Crippen molar-refractivity contribution in [2.45, 2.75) is 6.18 Å². The molecule has 0 unspecified atom stereocenters. The third-order valence-corrected chi connectivity index (χ3v) is 3.44. The van der Waals surface area contributed by atoms with Crippen molar-refractivity contribution in [3.05, 3.63) is 34.8 Å². The summed E-state index contributed by atoms with van der Waals surface area (Å²) in [7, 11) is 1.51. The second-order valence-corrected chi connectivity index (χ2v) is 4.98. The smallest absolute Gasteiger partial charge is 0.445 e. The molecule has 1 N–H and O–H groups in total. The number of ether oxygens (including phenoxy) is 1. The lowest BCUT2D eigenvalue weighted by molar-refractivity contribution is -0.138. The number of anilines is 1. The van der Waals surface area contributed by atoms with Gasteiger partial charge in [0.1, 0.15) is 10.7 Å². The van der Waals surface area contributed by atoms with E-state index in [1.807, 2.05) is 0 Å². The molecule has 1 heterocycles. The van der Waals surface area contributed by atoms with Crippen LogP contribution in [0.1, 0.15) is 10.6 Å². The zero-order chi connectivity index (χ0) is 14.8. The SMILES string of the molecule is COc1cccc(C(=S)Nc2nnc(C(F)(F)F)s2)c1. The van der Waals surface area contributed by atoms with E-state index in [-0.39, 0.29) is 10.1 Å². The van der Waals surface area contributed by atoms with Crippen LogP contribution in [0.25, 0.3) is 0 Å². The van der Waals surface area contributed by atoms with E-state index >= 15 is 0 Å². The Morgan fingerprint density at radius 1 is 1.35 bits per heavy atom. The molecular weight excluding hydrogens is 311 g/mol. The monoisotopic (exact) mass is 319 g/mol. The van der Waals surface area contributed by atoms with E-state index in [9.17, 15) is 13.2 Å². The Balaban J connectivity index is 2.13. The zero-order valence-electron chi connectivity index (χ0n) is 10.1. The fourth-order valence-corrected chi connectivity index (χ4v) is 2.23. The highest BCUT2D eigenvalue weighted by atomic mass is 32.1. The fraction of sp³-hybridized carbons (Fsp3) is 0.182. The molecule has 20 heavy (non-hydrogen) atoms. The van der Waals surface area contributed by atoms with Crippen molar-refractivity contribution < 1.29 is 17.9 Å². The lowest BCUT2D eigenvalue weighted by atomic mass is 10.2.